The number of aryl methyl sites for hydroxylation is 1. The molecule has 0 unspecified atom stereocenters. The summed E-state index contributed by atoms with van der Waals surface area (Å²) in [5, 5.41) is 0. The van der Waals surface area contributed by atoms with E-state index in [1.165, 1.54) is 51.4 Å². The topological polar surface area (TPSA) is 17.1 Å². The van der Waals surface area contributed by atoms with E-state index in [1.807, 2.05) is 6.92 Å². The molecule has 0 bridgehead atoms. The normalized spacial score (nSPS) is 27.7. The molecule has 1 nitrogen and oxygen atoms in total. The van der Waals surface area contributed by atoms with Gasteiger partial charge in [0, 0.05) is 6.42 Å². The maximum Gasteiger partial charge on any atom is 0.166 e. The van der Waals surface area contributed by atoms with Gasteiger partial charge in [0.2, 0.25) is 0 Å². The number of ketones is 1. The maximum atomic E-state index is 14.9. The second kappa shape index (κ2) is 10.7. The monoisotopic (exact) mass is 400 g/mol. The van der Waals surface area contributed by atoms with Crippen molar-refractivity contribution in [3.63, 3.8) is 0 Å². The Morgan fingerprint density at radius 2 is 1.55 bits per heavy atom. The molecule has 0 aliphatic heterocycles. The van der Waals surface area contributed by atoms with Crippen LogP contribution in [0.3, 0.4) is 0 Å². The highest BCUT2D eigenvalue weighted by Gasteiger charge is 2.31. The van der Waals surface area contributed by atoms with Crippen LogP contribution in [0.5, 0.6) is 0 Å². The van der Waals surface area contributed by atoms with Gasteiger partial charge in [0.1, 0.15) is 5.82 Å². The fourth-order valence-corrected chi connectivity index (χ4v) is 5.88. The van der Waals surface area contributed by atoms with Crippen molar-refractivity contribution in [3.05, 3.63) is 34.6 Å². The molecule has 2 saturated carbocycles. The lowest BCUT2D eigenvalue weighted by Gasteiger charge is -2.37. The van der Waals surface area contributed by atoms with Crippen LogP contribution < -0.4 is 0 Å². The van der Waals surface area contributed by atoms with Gasteiger partial charge in [-0.2, -0.15) is 0 Å². The predicted octanol–water partition coefficient (Wildman–Crippen LogP) is 8.39. The van der Waals surface area contributed by atoms with Crippen LogP contribution in [0, 0.1) is 30.5 Å². The molecule has 0 saturated heterocycles. The zero-order valence-electron chi connectivity index (χ0n) is 18.9. The van der Waals surface area contributed by atoms with Crippen molar-refractivity contribution in [3.8, 4) is 0 Å². The molecule has 3 rings (SSSR count). The van der Waals surface area contributed by atoms with Crippen molar-refractivity contribution >= 4 is 5.78 Å². The van der Waals surface area contributed by atoms with Crippen molar-refractivity contribution in [1.82, 2.24) is 0 Å². The Hall–Kier alpha value is -1.18. The molecule has 0 radical (unpaired) electrons. The fraction of sp³-hybridized carbons (Fsp3) is 0.741. The maximum absolute atomic E-state index is 14.9. The number of Topliss-reactive ketones (excluding diaryl/α,β-unsaturated/α-hetero) is 1. The van der Waals surface area contributed by atoms with Gasteiger partial charge in [-0.05, 0) is 92.7 Å². The van der Waals surface area contributed by atoms with E-state index in [0.29, 0.717) is 17.9 Å². The zero-order valence-corrected chi connectivity index (χ0v) is 18.9. The molecule has 0 spiro atoms. The highest BCUT2D eigenvalue weighted by molar-refractivity contribution is 5.97. The van der Waals surface area contributed by atoms with Crippen molar-refractivity contribution in [1.29, 1.82) is 0 Å². The lowest BCUT2D eigenvalue weighted by molar-refractivity contribution is 0.0974. The van der Waals surface area contributed by atoms with E-state index in [-0.39, 0.29) is 11.6 Å². The number of carbonyl (C=O) groups excluding carboxylic acids is 1. The first kappa shape index (κ1) is 22.5. The first-order valence-electron chi connectivity index (χ1n) is 12.3. The molecule has 0 heterocycles. The Morgan fingerprint density at radius 3 is 2.14 bits per heavy atom. The standard InChI is InChI=1S/C27H41FO/c1-4-5-6-7-8-26(29)27-20(3)17-24(18-25(27)28)23-15-13-22(14-16-23)21-11-9-19(2)10-12-21/h17-19,21-23H,4-16H2,1-3H3. The Morgan fingerprint density at radius 1 is 0.931 bits per heavy atom. The number of unbranched alkanes of at least 4 members (excludes halogenated alkanes) is 3. The number of halogens is 1. The van der Waals surface area contributed by atoms with Crippen LogP contribution in [0.15, 0.2) is 12.1 Å². The third-order valence-corrected chi connectivity index (χ3v) is 7.82. The van der Waals surface area contributed by atoms with E-state index in [4.69, 9.17) is 0 Å². The zero-order chi connectivity index (χ0) is 20.8. The third-order valence-electron chi connectivity index (χ3n) is 7.82. The number of carbonyl (C=O) groups is 1. The van der Waals surface area contributed by atoms with Gasteiger partial charge in [-0.25, -0.2) is 4.39 Å². The molecule has 29 heavy (non-hydrogen) atoms. The molecule has 0 N–H and O–H groups in total. The molecular formula is C27H41FO. The smallest absolute Gasteiger partial charge is 0.166 e. The Balaban J connectivity index is 1.57. The average molecular weight is 401 g/mol. The average Bonchev–Trinajstić information content (AvgIpc) is 2.71. The molecule has 2 fully saturated rings. The van der Waals surface area contributed by atoms with Crippen molar-refractivity contribution < 1.29 is 9.18 Å². The predicted molar refractivity (Wildman–Crippen MR) is 120 cm³/mol. The van der Waals surface area contributed by atoms with Crippen LogP contribution in [0.4, 0.5) is 4.39 Å². The molecule has 2 aliphatic rings. The number of hydrogen-bond acceptors (Lipinski definition) is 1. The van der Waals surface area contributed by atoms with Gasteiger partial charge in [-0.3, -0.25) is 4.79 Å². The van der Waals surface area contributed by atoms with Gasteiger partial charge in [-0.15, -0.1) is 0 Å². The summed E-state index contributed by atoms with van der Waals surface area (Å²) >= 11 is 0. The quantitative estimate of drug-likeness (QED) is 0.316. The van der Waals surface area contributed by atoms with E-state index < -0.39 is 0 Å². The van der Waals surface area contributed by atoms with E-state index in [0.717, 1.165) is 54.6 Å². The second-order valence-electron chi connectivity index (χ2n) is 10.1. The first-order valence-corrected chi connectivity index (χ1v) is 12.3. The SMILES string of the molecule is CCCCCCC(=O)c1c(C)cc(C2CCC(C3CCC(C)CC3)CC2)cc1F. The van der Waals surface area contributed by atoms with Crippen molar-refractivity contribution in [2.75, 3.05) is 0 Å². The summed E-state index contributed by atoms with van der Waals surface area (Å²) in [7, 11) is 0. The Kier molecular flexibility index (Phi) is 8.33. The lowest BCUT2D eigenvalue weighted by atomic mass is 9.68. The molecule has 0 atom stereocenters. The minimum atomic E-state index is -0.288. The summed E-state index contributed by atoms with van der Waals surface area (Å²) < 4.78 is 14.9. The van der Waals surface area contributed by atoms with Crippen LogP contribution in [-0.2, 0) is 0 Å². The summed E-state index contributed by atoms with van der Waals surface area (Å²) in [6, 6.07) is 3.79. The molecule has 162 valence electrons. The van der Waals surface area contributed by atoms with E-state index >= 15 is 0 Å². The van der Waals surface area contributed by atoms with Crippen LogP contribution >= 0.6 is 0 Å². The largest absolute Gasteiger partial charge is 0.294 e. The summed E-state index contributed by atoms with van der Waals surface area (Å²) in [6.45, 7) is 6.47. The Labute approximate surface area is 177 Å². The fourth-order valence-electron chi connectivity index (χ4n) is 5.88. The van der Waals surface area contributed by atoms with E-state index in [9.17, 15) is 9.18 Å². The molecule has 0 amide bonds. The summed E-state index contributed by atoms with van der Waals surface area (Å²) in [6.07, 6.45) is 15.3. The molecule has 1 aromatic carbocycles. The van der Waals surface area contributed by atoms with Crippen LogP contribution in [0.2, 0.25) is 0 Å². The van der Waals surface area contributed by atoms with Gasteiger partial charge in [0.15, 0.2) is 5.78 Å². The van der Waals surface area contributed by atoms with Gasteiger partial charge in [0.05, 0.1) is 5.56 Å². The number of rotatable bonds is 8. The molecule has 0 aromatic heterocycles. The van der Waals surface area contributed by atoms with Gasteiger partial charge < -0.3 is 0 Å². The summed E-state index contributed by atoms with van der Waals surface area (Å²) in [4.78, 5) is 12.5. The lowest BCUT2D eigenvalue weighted by Crippen LogP contribution is -2.25. The summed E-state index contributed by atoms with van der Waals surface area (Å²) in [5.74, 6) is 2.89. The highest BCUT2D eigenvalue weighted by atomic mass is 19.1. The van der Waals surface area contributed by atoms with Crippen LogP contribution in [0.1, 0.15) is 125 Å². The minimum Gasteiger partial charge on any atom is -0.294 e. The van der Waals surface area contributed by atoms with Gasteiger partial charge in [0.25, 0.3) is 0 Å². The van der Waals surface area contributed by atoms with Crippen molar-refractivity contribution in [2.45, 2.75) is 110 Å². The summed E-state index contributed by atoms with van der Waals surface area (Å²) in [5.41, 5.74) is 2.30. The number of hydrogen-bond donors (Lipinski definition) is 0. The van der Waals surface area contributed by atoms with Crippen LogP contribution in [-0.4, -0.2) is 5.78 Å². The Bertz CT molecular complexity index is 640. The number of benzene rings is 1. The van der Waals surface area contributed by atoms with E-state index in [2.05, 4.69) is 19.9 Å². The van der Waals surface area contributed by atoms with Gasteiger partial charge >= 0.3 is 0 Å². The third kappa shape index (κ3) is 5.92. The molecule has 1 aromatic rings. The second-order valence-corrected chi connectivity index (χ2v) is 10.1. The molecular weight excluding hydrogens is 359 g/mol. The van der Waals surface area contributed by atoms with E-state index in [1.54, 1.807) is 6.07 Å². The van der Waals surface area contributed by atoms with Gasteiger partial charge in [-0.1, -0.05) is 52.0 Å². The minimum absolute atomic E-state index is 0.0158. The molecule has 2 heteroatoms. The first-order chi connectivity index (χ1) is 14.0. The van der Waals surface area contributed by atoms with Crippen molar-refractivity contribution in [2.24, 2.45) is 17.8 Å². The van der Waals surface area contributed by atoms with Crippen LogP contribution in [0.25, 0.3) is 0 Å². The molecule has 2 aliphatic carbocycles. The highest BCUT2D eigenvalue weighted by Crippen LogP contribution is 2.44.